The Bertz CT molecular complexity index is 609. The normalized spacial score (nSPS) is 21.3. The molecule has 0 aromatic carbocycles. The summed E-state index contributed by atoms with van der Waals surface area (Å²) in [6.07, 6.45) is 6.26. The number of rotatable bonds is 7. The van der Waals surface area contributed by atoms with Gasteiger partial charge in [-0.05, 0) is 44.9 Å². The maximum absolute atomic E-state index is 6.13. The third-order valence-corrected chi connectivity index (χ3v) is 5.42. The maximum atomic E-state index is 6.13. The van der Waals surface area contributed by atoms with E-state index in [0.717, 1.165) is 69.5 Å². The van der Waals surface area contributed by atoms with Gasteiger partial charge in [0, 0.05) is 32.3 Å². The highest BCUT2D eigenvalue weighted by atomic mass is 127. The van der Waals surface area contributed by atoms with Gasteiger partial charge >= 0.3 is 0 Å². The number of hydrogen-bond donors (Lipinski definition) is 1. The minimum Gasteiger partial charge on any atom is -0.376 e. The Hall–Kier alpha value is -0.870. The molecule has 2 fully saturated rings. The average molecular weight is 520 g/mol. The lowest BCUT2D eigenvalue weighted by Gasteiger charge is -2.35. The summed E-state index contributed by atoms with van der Waals surface area (Å²) in [5.74, 6) is 2.12. The number of nitrogens with one attached hydrogen (secondary N) is 1. The molecule has 0 radical (unpaired) electrons. The van der Waals surface area contributed by atoms with Crippen LogP contribution >= 0.6 is 24.0 Å². The molecule has 1 aromatic heterocycles. The van der Waals surface area contributed by atoms with E-state index in [1.807, 2.05) is 6.07 Å². The van der Waals surface area contributed by atoms with Crippen LogP contribution in [0.1, 0.15) is 70.2 Å². The monoisotopic (exact) mass is 520 g/mol. The number of aliphatic imine (C=N–C) groups is 1. The predicted molar refractivity (Wildman–Crippen MR) is 125 cm³/mol. The third-order valence-electron chi connectivity index (χ3n) is 5.42. The fourth-order valence-electron chi connectivity index (χ4n) is 3.67. The van der Waals surface area contributed by atoms with Gasteiger partial charge in [-0.25, -0.2) is 4.99 Å². The van der Waals surface area contributed by atoms with Gasteiger partial charge in [-0.15, -0.1) is 24.0 Å². The van der Waals surface area contributed by atoms with Crippen molar-refractivity contribution in [3.63, 3.8) is 0 Å². The van der Waals surface area contributed by atoms with Crippen molar-refractivity contribution in [2.45, 2.75) is 77.5 Å². The Morgan fingerprint density at radius 3 is 2.72 bits per heavy atom. The second kappa shape index (κ2) is 12.7. The molecule has 0 aliphatic carbocycles. The molecule has 1 N–H and O–H groups in total. The highest BCUT2D eigenvalue weighted by molar-refractivity contribution is 14.0. The van der Waals surface area contributed by atoms with Crippen LogP contribution in [-0.4, -0.2) is 61.1 Å². The summed E-state index contributed by atoms with van der Waals surface area (Å²) in [5.41, 5.74) is 0.982. The van der Waals surface area contributed by atoms with Crippen molar-refractivity contribution in [1.82, 2.24) is 15.4 Å². The third kappa shape index (κ3) is 7.71. The Labute approximate surface area is 192 Å². The van der Waals surface area contributed by atoms with Crippen molar-refractivity contribution in [3.8, 4) is 0 Å². The molecule has 0 saturated carbocycles. The number of aromatic nitrogens is 1. The summed E-state index contributed by atoms with van der Waals surface area (Å²) in [4.78, 5) is 7.08. The SMILES string of the molecule is CCNC(=NCc1cc(C(C)C)no1)N1CCC(OCC2CCCCO2)CC1.I. The summed E-state index contributed by atoms with van der Waals surface area (Å²) in [6.45, 7) is 11.2. The number of nitrogens with zero attached hydrogens (tertiary/aromatic N) is 3. The van der Waals surface area contributed by atoms with E-state index < -0.39 is 0 Å². The largest absolute Gasteiger partial charge is 0.376 e. The highest BCUT2D eigenvalue weighted by Gasteiger charge is 2.24. The van der Waals surface area contributed by atoms with Crippen molar-refractivity contribution in [2.24, 2.45) is 4.99 Å². The second-order valence-electron chi connectivity index (χ2n) is 8.05. The van der Waals surface area contributed by atoms with E-state index in [0.29, 0.717) is 24.7 Å². The molecular weight excluding hydrogens is 483 g/mol. The van der Waals surface area contributed by atoms with Gasteiger partial charge in [0.2, 0.25) is 0 Å². The minimum atomic E-state index is 0. The molecule has 3 rings (SSSR count). The molecule has 29 heavy (non-hydrogen) atoms. The van der Waals surface area contributed by atoms with Crippen LogP contribution in [0.3, 0.4) is 0 Å². The van der Waals surface area contributed by atoms with Crippen LogP contribution in [0, 0.1) is 0 Å². The van der Waals surface area contributed by atoms with Crippen LogP contribution in [0.5, 0.6) is 0 Å². The molecule has 0 bridgehead atoms. The van der Waals surface area contributed by atoms with Crippen LogP contribution in [0.4, 0.5) is 0 Å². The van der Waals surface area contributed by atoms with E-state index in [1.54, 1.807) is 0 Å². The number of hydrogen-bond acceptors (Lipinski definition) is 5. The van der Waals surface area contributed by atoms with Crippen molar-refractivity contribution in [2.75, 3.05) is 32.8 Å². The van der Waals surface area contributed by atoms with Gasteiger partial charge in [0.25, 0.3) is 0 Å². The van der Waals surface area contributed by atoms with Crippen molar-refractivity contribution < 1.29 is 14.0 Å². The van der Waals surface area contributed by atoms with Crippen molar-refractivity contribution >= 4 is 29.9 Å². The topological polar surface area (TPSA) is 72.1 Å². The van der Waals surface area contributed by atoms with Crippen LogP contribution in [0.15, 0.2) is 15.6 Å². The molecule has 2 aliphatic rings. The lowest BCUT2D eigenvalue weighted by atomic mass is 10.1. The number of likely N-dealkylation sites (tertiary alicyclic amines) is 1. The Kier molecular flexibility index (Phi) is 10.7. The molecule has 166 valence electrons. The fourth-order valence-corrected chi connectivity index (χ4v) is 3.67. The smallest absolute Gasteiger partial charge is 0.194 e. The van der Waals surface area contributed by atoms with Gasteiger partial charge in [0.15, 0.2) is 11.7 Å². The molecule has 1 unspecified atom stereocenters. The lowest BCUT2D eigenvalue weighted by Crippen LogP contribution is -2.47. The number of piperidine rings is 1. The summed E-state index contributed by atoms with van der Waals surface area (Å²) in [7, 11) is 0. The van der Waals surface area contributed by atoms with Crippen molar-refractivity contribution in [1.29, 1.82) is 0 Å². The quantitative estimate of drug-likeness (QED) is 0.334. The average Bonchev–Trinajstić information content (AvgIpc) is 3.20. The molecule has 3 heterocycles. The first kappa shape index (κ1) is 24.4. The molecule has 0 spiro atoms. The summed E-state index contributed by atoms with van der Waals surface area (Å²) in [5, 5.41) is 7.52. The van der Waals surface area contributed by atoms with Gasteiger partial charge in [-0.1, -0.05) is 19.0 Å². The van der Waals surface area contributed by atoms with Crippen molar-refractivity contribution in [3.05, 3.63) is 17.5 Å². The predicted octanol–water partition coefficient (Wildman–Crippen LogP) is 3.93. The summed E-state index contributed by atoms with van der Waals surface area (Å²) < 4.78 is 17.3. The Morgan fingerprint density at radius 2 is 2.10 bits per heavy atom. The molecular formula is C21H37IN4O3. The number of ether oxygens (including phenoxy) is 2. The van der Waals surface area contributed by atoms with E-state index in [4.69, 9.17) is 19.0 Å². The number of halogens is 1. The van der Waals surface area contributed by atoms with Crippen LogP contribution in [0.25, 0.3) is 0 Å². The molecule has 7 nitrogen and oxygen atoms in total. The van der Waals surface area contributed by atoms with Gasteiger partial charge in [-0.3, -0.25) is 0 Å². The van der Waals surface area contributed by atoms with E-state index in [2.05, 4.69) is 36.1 Å². The molecule has 1 atom stereocenters. The van der Waals surface area contributed by atoms with E-state index >= 15 is 0 Å². The van der Waals surface area contributed by atoms with E-state index in [-0.39, 0.29) is 24.0 Å². The van der Waals surface area contributed by atoms with Gasteiger partial charge in [0.05, 0.1) is 24.5 Å². The molecule has 8 heteroatoms. The first-order valence-corrected chi connectivity index (χ1v) is 10.9. The zero-order chi connectivity index (χ0) is 19.8. The minimum absolute atomic E-state index is 0. The number of guanidine groups is 1. The summed E-state index contributed by atoms with van der Waals surface area (Å²) >= 11 is 0. The fraction of sp³-hybridized carbons (Fsp3) is 0.810. The highest BCUT2D eigenvalue weighted by Crippen LogP contribution is 2.18. The van der Waals surface area contributed by atoms with Gasteiger partial charge < -0.3 is 24.2 Å². The molecule has 0 amide bonds. The zero-order valence-corrected chi connectivity index (χ0v) is 20.4. The lowest BCUT2D eigenvalue weighted by molar-refractivity contribution is -0.0721. The van der Waals surface area contributed by atoms with E-state index in [1.165, 1.54) is 12.8 Å². The first-order valence-electron chi connectivity index (χ1n) is 10.9. The van der Waals surface area contributed by atoms with Crippen LogP contribution < -0.4 is 5.32 Å². The van der Waals surface area contributed by atoms with E-state index in [9.17, 15) is 0 Å². The standard InChI is InChI=1S/C21H36N4O3.HI/c1-4-22-21(23-14-19-13-20(16(2)3)24-28-19)25-10-8-17(9-11-25)27-15-18-7-5-6-12-26-18;/h13,16-18H,4-12,14-15H2,1-3H3,(H,22,23);1H. The van der Waals surface area contributed by atoms with Crippen LogP contribution in [0.2, 0.25) is 0 Å². The maximum Gasteiger partial charge on any atom is 0.194 e. The second-order valence-corrected chi connectivity index (χ2v) is 8.05. The molecule has 1 aromatic rings. The molecule has 2 aliphatic heterocycles. The Balaban J connectivity index is 0.00000300. The first-order chi connectivity index (χ1) is 13.7. The van der Waals surface area contributed by atoms with Gasteiger partial charge in [-0.2, -0.15) is 0 Å². The van der Waals surface area contributed by atoms with Gasteiger partial charge in [0.1, 0.15) is 6.54 Å². The molecule has 2 saturated heterocycles. The summed E-state index contributed by atoms with van der Waals surface area (Å²) in [6, 6.07) is 2.01. The zero-order valence-electron chi connectivity index (χ0n) is 18.1. The van der Waals surface area contributed by atoms with Crippen LogP contribution in [-0.2, 0) is 16.0 Å². The Morgan fingerprint density at radius 1 is 1.31 bits per heavy atom.